The Morgan fingerprint density at radius 3 is 2.56 bits per heavy atom. The van der Waals surface area contributed by atoms with Gasteiger partial charge in [0.15, 0.2) is 0 Å². The number of nitro groups is 1. The van der Waals surface area contributed by atoms with Gasteiger partial charge in [-0.25, -0.2) is 4.98 Å². The summed E-state index contributed by atoms with van der Waals surface area (Å²) in [6.45, 7) is 3.83. The fraction of sp³-hybridized carbons (Fsp3) is 0.174. The van der Waals surface area contributed by atoms with Gasteiger partial charge < -0.3 is 10.1 Å². The molecule has 0 aliphatic rings. The molecule has 32 heavy (non-hydrogen) atoms. The molecule has 1 N–H and O–H groups in total. The van der Waals surface area contributed by atoms with Crippen molar-refractivity contribution in [3.63, 3.8) is 0 Å². The van der Waals surface area contributed by atoms with Gasteiger partial charge in [-0.2, -0.15) is 5.10 Å². The minimum Gasteiger partial charge on any atom is -0.496 e. The van der Waals surface area contributed by atoms with E-state index in [1.54, 1.807) is 22.9 Å². The highest BCUT2D eigenvalue weighted by Crippen LogP contribution is 2.32. The van der Waals surface area contributed by atoms with E-state index in [1.807, 2.05) is 39.1 Å². The van der Waals surface area contributed by atoms with Crippen LogP contribution in [0, 0.1) is 24.0 Å². The van der Waals surface area contributed by atoms with Crippen molar-refractivity contribution in [2.24, 2.45) is 7.05 Å². The molecule has 2 aromatic heterocycles. The Morgan fingerprint density at radius 2 is 1.91 bits per heavy atom. The highest BCUT2D eigenvalue weighted by molar-refractivity contribution is 6.13. The molecule has 0 spiro atoms. The van der Waals surface area contributed by atoms with E-state index in [0.717, 1.165) is 17.0 Å². The van der Waals surface area contributed by atoms with Gasteiger partial charge in [0.2, 0.25) is 0 Å². The first kappa shape index (κ1) is 21.0. The van der Waals surface area contributed by atoms with E-state index in [1.165, 1.54) is 19.2 Å². The van der Waals surface area contributed by atoms with Crippen LogP contribution in [0.4, 0.5) is 11.4 Å². The standard InChI is InChI=1S/C23H21N5O4/c1-13-22(14(2)27(3)26-13)20-12-17(16-7-5-6-8-18(16)24-20)23(29)25-19-10-9-15(32-4)11-21(19)28(30)31/h5-12H,1-4H3,(H,25,29). The molecule has 9 heteroatoms. The highest BCUT2D eigenvalue weighted by atomic mass is 16.6. The molecule has 0 radical (unpaired) electrons. The number of nitrogens with zero attached hydrogens (tertiary/aromatic N) is 4. The number of benzene rings is 2. The van der Waals surface area contributed by atoms with E-state index in [0.29, 0.717) is 27.9 Å². The first-order chi connectivity index (χ1) is 15.3. The second-order valence-electron chi connectivity index (χ2n) is 7.34. The first-order valence-electron chi connectivity index (χ1n) is 9.84. The topological polar surface area (TPSA) is 112 Å². The molecule has 2 heterocycles. The fourth-order valence-corrected chi connectivity index (χ4v) is 3.72. The molecule has 4 rings (SSSR count). The zero-order chi connectivity index (χ0) is 23.0. The Morgan fingerprint density at radius 1 is 1.16 bits per heavy atom. The maximum absolute atomic E-state index is 13.3. The first-order valence-corrected chi connectivity index (χ1v) is 9.84. The molecule has 0 saturated heterocycles. The molecular weight excluding hydrogens is 410 g/mol. The number of nitrogens with one attached hydrogen (secondary N) is 1. The van der Waals surface area contributed by atoms with Crippen molar-refractivity contribution in [3.05, 3.63) is 75.6 Å². The monoisotopic (exact) mass is 431 g/mol. The van der Waals surface area contributed by atoms with Gasteiger partial charge in [-0.1, -0.05) is 18.2 Å². The molecule has 162 valence electrons. The number of ether oxygens (including phenoxy) is 1. The minimum absolute atomic E-state index is 0.0805. The largest absolute Gasteiger partial charge is 0.496 e. The number of aryl methyl sites for hydroxylation is 2. The number of hydrogen-bond acceptors (Lipinski definition) is 6. The second-order valence-corrected chi connectivity index (χ2v) is 7.34. The fourth-order valence-electron chi connectivity index (χ4n) is 3.72. The van der Waals surface area contributed by atoms with Gasteiger partial charge in [0.25, 0.3) is 11.6 Å². The number of rotatable bonds is 5. The summed E-state index contributed by atoms with van der Waals surface area (Å²) in [7, 11) is 3.27. The number of nitro benzene ring substituents is 1. The predicted molar refractivity (Wildman–Crippen MR) is 121 cm³/mol. The quantitative estimate of drug-likeness (QED) is 0.370. The van der Waals surface area contributed by atoms with Gasteiger partial charge in [-0.3, -0.25) is 19.6 Å². The number of amides is 1. The average Bonchev–Trinajstić information content (AvgIpc) is 3.04. The summed E-state index contributed by atoms with van der Waals surface area (Å²) in [5, 5.41) is 19.3. The second kappa shape index (κ2) is 8.10. The SMILES string of the molecule is COc1ccc(NC(=O)c2cc(-c3c(C)nn(C)c3C)nc3ccccc23)c([N+](=O)[O-])c1. The molecular formula is C23H21N5O4. The number of pyridine rings is 1. The zero-order valence-electron chi connectivity index (χ0n) is 18.0. The molecule has 4 aromatic rings. The normalized spacial score (nSPS) is 10.9. The van der Waals surface area contributed by atoms with E-state index in [9.17, 15) is 14.9 Å². The number of methoxy groups -OCH3 is 1. The third-order valence-corrected chi connectivity index (χ3v) is 5.38. The molecule has 1 amide bonds. The number of anilines is 1. The summed E-state index contributed by atoms with van der Waals surface area (Å²) in [6, 6.07) is 13.3. The smallest absolute Gasteiger partial charge is 0.296 e. The van der Waals surface area contributed by atoms with E-state index < -0.39 is 10.8 Å². The highest BCUT2D eigenvalue weighted by Gasteiger charge is 2.21. The molecule has 0 aliphatic heterocycles. The van der Waals surface area contributed by atoms with Crippen molar-refractivity contribution in [2.45, 2.75) is 13.8 Å². The maximum atomic E-state index is 13.3. The van der Waals surface area contributed by atoms with Crippen molar-refractivity contribution in [1.82, 2.24) is 14.8 Å². The van der Waals surface area contributed by atoms with E-state index in [-0.39, 0.29) is 11.4 Å². The average molecular weight is 431 g/mol. The summed E-state index contributed by atoms with van der Waals surface area (Å²) in [6.07, 6.45) is 0. The summed E-state index contributed by atoms with van der Waals surface area (Å²) < 4.78 is 6.83. The van der Waals surface area contributed by atoms with Crippen LogP contribution in [0.25, 0.3) is 22.2 Å². The van der Waals surface area contributed by atoms with E-state index in [4.69, 9.17) is 9.72 Å². The molecule has 0 unspecified atom stereocenters. The molecule has 2 aromatic carbocycles. The van der Waals surface area contributed by atoms with Crippen LogP contribution in [-0.2, 0) is 7.05 Å². The summed E-state index contributed by atoms with van der Waals surface area (Å²) in [5.74, 6) is -0.147. The number of hydrogen-bond donors (Lipinski definition) is 1. The third-order valence-electron chi connectivity index (χ3n) is 5.38. The minimum atomic E-state index is -0.559. The van der Waals surface area contributed by atoms with Crippen LogP contribution in [-0.4, -0.2) is 32.7 Å². The lowest BCUT2D eigenvalue weighted by Gasteiger charge is -2.12. The van der Waals surface area contributed by atoms with Gasteiger partial charge in [0.05, 0.1) is 40.6 Å². The van der Waals surface area contributed by atoms with Crippen LogP contribution >= 0.6 is 0 Å². The van der Waals surface area contributed by atoms with Crippen molar-refractivity contribution in [1.29, 1.82) is 0 Å². The van der Waals surface area contributed by atoms with Crippen molar-refractivity contribution < 1.29 is 14.5 Å². The third kappa shape index (κ3) is 3.64. The van der Waals surface area contributed by atoms with Crippen molar-refractivity contribution in [3.8, 4) is 17.0 Å². The molecule has 9 nitrogen and oxygen atoms in total. The molecule has 0 atom stereocenters. The number of carbonyl (C=O) groups is 1. The molecule has 0 fully saturated rings. The number of aromatic nitrogens is 3. The van der Waals surface area contributed by atoms with Crippen LogP contribution in [0.3, 0.4) is 0 Å². The van der Waals surface area contributed by atoms with Gasteiger partial charge in [0.1, 0.15) is 11.4 Å². The molecule has 0 aliphatic carbocycles. The van der Waals surface area contributed by atoms with E-state index >= 15 is 0 Å². The van der Waals surface area contributed by atoms with Crippen LogP contribution in [0.2, 0.25) is 0 Å². The lowest BCUT2D eigenvalue weighted by molar-refractivity contribution is -0.384. The van der Waals surface area contributed by atoms with Crippen LogP contribution in [0.5, 0.6) is 5.75 Å². The van der Waals surface area contributed by atoms with Gasteiger partial charge in [-0.05, 0) is 38.1 Å². The van der Waals surface area contributed by atoms with Crippen LogP contribution < -0.4 is 10.1 Å². The summed E-state index contributed by atoms with van der Waals surface area (Å²) >= 11 is 0. The van der Waals surface area contributed by atoms with E-state index in [2.05, 4.69) is 10.4 Å². The van der Waals surface area contributed by atoms with Gasteiger partial charge in [-0.15, -0.1) is 0 Å². The number of para-hydroxylation sites is 1. The number of carbonyl (C=O) groups excluding carboxylic acids is 1. The molecule has 0 bridgehead atoms. The Labute approximate surface area is 183 Å². The Hall–Kier alpha value is -4.27. The Kier molecular flexibility index (Phi) is 5.31. The number of fused-ring (bicyclic) bond motifs is 1. The summed E-state index contributed by atoms with van der Waals surface area (Å²) in [5.41, 5.74) is 4.00. The van der Waals surface area contributed by atoms with Crippen LogP contribution in [0.15, 0.2) is 48.5 Å². The zero-order valence-corrected chi connectivity index (χ0v) is 18.0. The van der Waals surface area contributed by atoms with Gasteiger partial charge in [0, 0.05) is 23.7 Å². The predicted octanol–water partition coefficient (Wildman–Crippen LogP) is 4.42. The molecule has 0 saturated carbocycles. The van der Waals surface area contributed by atoms with Crippen molar-refractivity contribution >= 4 is 28.2 Å². The van der Waals surface area contributed by atoms with Gasteiger partial charge >= 0.3 is 0 Å². The lowest BCUT2D eigenvalue weighted by Crippen LogP contribution is -2.14. The van der Waals surface area contributed by atoms with Crippen LogP contribution in [0.1, 0.15) is 21.7 Å². The summed E-state index contributed by atoms with van der Waals surface area (Å²) in [4.78, 5) is 29.0. The Bertz CT molecular complexity index is 1380. The maximum Gasteiger partial charge on any atom is 0.296 e. The van der Waals surface area contributed by atoms with Crippen molar-refractivity contribution in [2.75, 3.05) is 12.4 Å². The lowest BCUT2D eigenvalue weighted by atomic mass is 10.0. The Balaban J connectivity index is 1.84.